The Kier molecular flexibility index (Phi) is 4.13. The number of benzene rings is 1. The van der Waals surface area contributed by atoms with Gasteiger partial charge in [0.05, 0.1) is 9.82 Å². The van der Waals surface area contributed by atoms with Crippen molar-refractivity contribution < 1.29 is 13.3 Å². The van der Waals surface area contributed by atoms with Crippen LogP contribution in [0.4, 0.5) is 5.69 Å². The summed E-state index contributed by atoms with van der Waals surface area (Å²) in [4.78, 5) is 9.99. The minimum absolute atomic E-state index is 0.139. The van der Waals surface area contributed by atoms with Crippen LogP contribution in [0.2, 0.25) is 0 Å². The van der Waals surface area contributed by atoms with E-state index in [1.807, 2.05) is 22.6 Å². The number of hydrogen-bond donors (Lipinski definition) is 0. The van der Waals surface area contributed by atoms with E-state index < -0.39 is 14.0 Å². The molecule has 0 radical (unpaired) electrons. The maximum atomic E-state index is 11.3. The molecule has 0 saturated carbocycles. The highest BCUT2D eigenvalue weighted by Gasteiger charge is 2.24. The van der Waals surface area contributed by atoms with Crippen LogP contribution in [0.3, 0.4) is 0 Å². The van der Waals surface area contributed by atoms with E-state index in [0.717, 1.165) is 0 Å². The first-order valence-corrected chi connectivity index (χ1v) is 7.57. The van der Waals surface area contributed by atoms with Gasteiger partial charge in [0, 0.05) is 25.9 Å². The number of rotatable bonds is 3. The number of nitro groups is 1. The first-order chi connectivity index (χ1) is 7.27. The normalized spacial score (nSPS) is 11.4. The summed E-state index contributed by atoms with van der Waals surface area (Å²) >= 11 is 1.81. The number of hydrogen-bond acceptors (Lipinski definition) is 4. The zero-order valence-corrected chi connectivity index (χ0v) is 11.8. The lowest BCUT2D eigenvalue weighted by Crippen LogP contribution is -2.03. The molecule has 5 nitrogen and oxygen atoms in total. The quantitative estimate of drug-likeness (QED) is 0.352. The van der Waals surface area contributed by atoms with E-state index in [1.165, 1.54) is 12.1 Å². The van der Waals surface area contributed by atoms with E-state index >= 15 is 0 Å². The molecule has 0 aromatic heterocycles. The third-order valence-corrected chi connectivity index (χ3v) is 3.97. The van der Waals surface area contributed by atoms with Crippen LogP contribution in [0.25, 0.3) is 0 Å². The van der Waals surface area contributed by atoms with Gasteiger partial charge in [-0.1, -0.05) is 6.92 Å². The fourth-order valence-corrected chi connectivity index (χ4v) is 3.38. The molecule has 0 fully saturated rings. The lowest BCUT2D eigenvalue weighted by molar-refractivity contribution is -0.385. The van der Waals surface area contributed by atoms with Crippen LogP contribution in [0, 0.1) is 13.7 Å². The molecule has 0 spiro atoms. The Morgan fingerprint density at radius 2 is 2.06 bits per heavy atom. The molecule has 0 aliphatic heterocycles. The summed E-state index contributed by atoms with van der Waals surface area (Å²) in [6.07, 6.45) is 0.231. The van der Waals surface area contributed by atoms with Gasteiger partial charge in [-0.15, -0.1) is 0 Å². The summed E-state index contributed by atoms with van der Waals surface area (Å²) in [5, 5.41) is 10.8. The lowest BCUT2D eigenvalue weighted by atomic mass is 10.1. The summed E-state index contributed by atoms with van der Waals surface area (Å²) in [7, 11) is 1.28. The van der Waals surface area contributed by atoms with Crippen molar-refractivity contribution in [2.24, 2.45) is 0 Å². The van der Waals surface area contributed by atoms with Crippen LogP contribution in [0.5, 0.6) is 0 Å². The number of nitrogens with zero attached hydrogens (tertiary/aromatic N) is 1. The lowest BCUT2D eigenvalue weighted by Gasteiger charge is -2.06. The second kappa shape index (κ2) is 4.84. The average molecular weight is 376 g/mol. The predicted molar refractivity (Wildman–Crippen MR) is 68.2 cm³/mol. The molecule has 0 atom stereocenters. The van der Waals surface area contributed by atoms with E-state index in [1.54, 1.807) is 6.92 Å². The van der Waals surface area contributed by atoms with Crippen LogP contribution in [0.1, 0.15) is 12.5 Å². The molecule has 1 aromatic carbocycles. The maximum absolute atomic E-state index is 11.3. The third kappa shape index (κ3) is 2.83. The zero-order chi connectivity index (χ0) is 12.5. The van der Waals surface area contributed by atoms with Gasteiger partial charge in [-0.25, -0.2) is 8.42 Å². The minimum atomic E-state index is -3.96. The molecule has 16 heavy (non-hydrogen) atoms. The van der Waals surface area contributed by atoms with Gasteiger partial charge in [-0.05, 0) is 35.1 Å². The predicted octanol–water partition coefficient (Wildman–Crippen LogP) is 2.69. The fraction of sp³-hybridized carbons (Fsp3) is 0.250. The molecule has 0 amide bonds. The van der Waals surface area contributed by atoms with Gasteiger partial charge in [0.25, 0.3) is 14.7 Å². The van der Waals surface area contributed by atoms with Crippen LogP contribution in [-0.2, 0) is 15.5 Å². The topological polar surface area (TPSA) is 77.3 Å². The molecule has 0 bridgehead atoms. The highest BCUT2D eigenvalue weighted by molar-refractivity contribution is 14.1. The summed E-state index contributed by atoms with van der Waals surface area (Å²) in [6, 6.07) is 2.65. The van der Waals surface area contributed by atoms with Gasteiger partial charge in [0.1, 0.15) is 0 Å². The maximum Gasteiger partial charge on any atom is 0.274 e. The van der Waals surface area contributed by atoms with E-state index in [0.29, 0.717) is 3.57 Å². The molecule has 0 N–H and O–H groups in total. The standard InChI is InChI=1S/C8H7ClINO4S/c1-2-6-7(11(12)13)3-5(10)4-8(6)16(9,14)15/h3-4H,2H2,1H3. The van der Waals surface area contributed by atoms with E-state index in [-0.39, 0.29) is 22.6 Å². The molecular weight excluding hydrogens is 369 g/mol. The third-order valence-electron chi connectivity index (χ3n) is 1.96. The van der Waals surface area contributed by atoms with Gasteiger partial charge < -0.3 is 0 Å². The summed E-state index contributed by atoms with van der Waals surface area (Å²) in [5.41, 5.74) is -0.0750. The summed E-state index contributed by atoms with van der Waals surface area (Å²) < 4.78 is 23.0. The molecule has 88 valence electrons. The van der Waals surface area contributed by atoms with Crippen molar-refractivity contribution in [2.75, 3.05) is 0 Å². The number of nitro benzene ring substituents is 1. The second-order valence-electron chi connectivity index (χ2n) is 2.95. The van der Waals surface area contributed by atoms with Crippen molar-refractivity contribution in [1.29, 1.82) is 0 Å². The van der Waals surface area contributed by atoms with Crippen molar-refractivity contribution in [1.82, 2.24) is 0 Å². The SMILES string of the molecule is CCc1c([N+](=O)[O-])cc(I)cc1S(=O)(=O)Cl. The molecule has 0 aliphatic carbocycles. The Labute approximate surface area is 111 Å². The first-order valence-electron chi connectivity index (χ1n) is 4.18. The molecular formula is C8H7ClINO4S. The zero-order valence-electron chi connectivity index (χ0n) is 8.11. The minimum Gasteiger partial charge on any atom is -0.258 e. The van der Waals surface area contributed by atoms with E-state index in [2.05, 4.69) is 0 Å². The van der Waals surface area contributed by atoms with Crippen molar-refractivity contribution in [2.45, 2.75) is 18.2 Å². The van der Waals surface area contributed by atoms with Crippen LogP contribution in [-0.4, -0.2) is 13.3 Å². The Morgan fingerprint density at radius 1 is 1.50 bits per heavy atom. The molecule has 0 aliphatic rings. The Bertz CT molecular complexity index is 543. The number of halogens is 2. The van der Waals surface area contributed by atoms with Crippen molar-refractivity contribution in [3.05, 3.63) is 31.4 Å². The van der Waals surface area contributed by atoms with Gasteiger partial charge in [-0.2, -0.15) is 0 Å². The van der Waals surface area contributed by atoms with Crippen LogP contribution >= 0.6 is 33.3 Å². The monoisotopic (exact) mass is 375 g/mol. The van der Waals surface area contributed by atoms with Crippen LogP contribution < -0.4 is 0 Å². The van der Waals surface area contributed by atoms with Gasteiger partial charge >= 0.3 is 0 Å². The summed E-state index contributed by atoms with van der Waals surface area (Å²) in [6.45, 7) is 1.64. The first kappa shape index (κ1) is 13.7. The van der Waals surface area contributed by atoms with E-state index in [9.17, 15) is 18.5 Å². The Balaban J connectivity index is 3.68. The molecule has 0 heterocycles. The Hall–Kier alpha value is -0.410. The van der Waals surface area contributed by atoms with Crippen molar-refractivity contribution in [3.8, 4) is 0 Å². The molecule has 0 unspecified atom stereocenters. The van der Waals surface area contributed by atoms with Gasteiger partial charge in [0.2, 0.25) is 0 Å². The molecule has 8 heteroatoms. The smallest absolute Gasteiger partial charge is 0.258 e. The fourth-order valence-electron chi connectivity index (χ4n) is 1.33. The molecule has 1 aromatic rings. The average Bonchev–Trinajstić information content (AvgIpc) is 2.14. The van der Waals surface area contributed by atoms with Crippen LogP contribution in [0.15, 0.2) is 17.0 Å². The summed E-state index contributed by atoms with van der Waals surface area (Å²) in [5.74, 6) is 0. The van der Waals surface area contributed by atoms with Gasteiger partial charge in [-0.3, -0.25) is 10.1 Å². The van der Waals surface area contributed by atoms with Gasteiger partial charge in [0.15, 0.2) is 0 Å². The molecule has 0 saturated heterocycles. The Morgan fingerprint density at radius 3 is 2.44 bits per heavy atom. The molecule has 1 rings (SSSR count). The highest BCUT2D eigenvalue weighted by Crippen LogP contribution is 2.31. The second-order valence-corrected chi connectivity index (χ2v) is 6.73. The largest absolute Gasteiger partial charge is 0.274 e. The highest BCUT2D eigenvalue weighted by atomic mass is 127. The van der Waals surface area contributed by atoms with Crippen molar-refractivity contribution in [3.63, 3.8) is 0 Å². The van der Waals surface area contributed by atoms with E-state index in [4.69, 9.17) is 10.7 Å². The van der Waals surface area contributed by atoms with Crippen molar-refractivity contribution >= 4 is 48.0 Å².